The molecule has 1 aromatic carbocycles. The fourth-order valence-electron chi connectivity index (χ4n) is 1.73. The van der Waals surface area contributed by atoms with E-state index in [1.807, 2.05) is 0 Å². The van der Waals surface area contributed by atoms with Crippen LogP contribution in [0.2, 0.25) is 0 Å². The lowest BCUT2D eigenvalue weighted by molar-refractivity contribution is 0.0843. The van der Waals surface area contributed by atoms with Gasteiger partial charge in [0.05, 0.1) is 24.1 Å². The molecular weight excluding hydrogens is 269 g/mol. The van der Waals surface area contributed by atoms with E-state index in [0.717, 1.165) is 4.70 Å². The maximum atomic E-state index is 13.5. The molecule has 0 spiro atoms. The van der Waals surface area contributed by atoms with Crippen molar-refractivity contribution in [3.8, 4) is 0 Å². The maximum Gasteiger partial charge on any atom is 0.261 e. The first-order valence-electron chi connectivity index (χ1n) is 5.74. The zero-order valence-corrected chi connectivity index (χ0v) is 11.2. The number of carbonyl (C=O) groups excluding carboxylic acids is 1. The van der Waals surface area contributed by atoms with Crippen molar-refractivity contribution in [2.75, 3.05) is 20.3 Å². The summed E-state index contributed by atoms with van der Waals surface area (Å²) in [5.74, 6) is -0.680. The molecule has 0 radical (unpaired) electrons. The van der Waals surface area contributed by atoms with Gasteiger partial charge >= 0.3 is 0 Å². The number of nitrogens with one attached hydrogen (secondary N) is 1. The van der Waals surface area contributed by atoms with Crippen LogP contribution >= 0.6 is 11.3 Å². The molecule has 0 aliphatic carbocycles. The predicted molar refractivity (Wildman–Crippen MR) is 72.0 cm³/mol. The van der Waals surface area contributed by atoms with Crippen LogP contribution in [0.25, 0.3) is 10.1 Å². The third-order valence-corrected chi connectivity index (χ3v) is 3.75. The Bertz CT molecular complexity index is 584. The molecule has 19 heavy (non-hydrogen) atoms. The van der Waals surface area contributed by atoms with Gasteiger partial charge < -0.3 is 15.2 Å². The second kappa shape index (κ2) is 6.10. The molecule has 1 heterocycles. The van der Waals surface area contributed by atoms with Crippen molar-refractivity contribution in [2.45, 2.75) is 6.04 Å². The zero-order chi connectivity index (χ0) is 13.8. The minimum Gasteiger partial charge on any atom is -0.394 e. The molecule has 1 unspecified atom stereocenters. The van der Waals surface area contributed by atoms with Crippen LogP contribution in [0.15, 0.2) is 24.3 Å². The first-order valence-corrected chi connectivity index (χ1v) is 6.56. The highest BCUT2D eigenvalue weighted by Gasteiger charge is 2.16. The van der Waals surface area contributed by atoms with E-state index in [1.54, 1.807) is 12.1 Å². The number of benzene rings is 1. The standard InChI is InChI=1S/C13H14FNO3S/c1-18-7-8(6-16)15-13(17)12-5-9-10(14)3-2-4-11(9)19-12/h2-5,8,16H,6-7H2,1H3,(H,15,17). The second-order valence-electron chi connectivity index (χ2n) is 4.07. The van der Waals surface area contributed by atoms with Crippen molar-refractivity contribution in [1.29, 1.82) is 0 Å². The topological polar surface area (TPSA) is 58.6 Å². The van der Waals surface area contributed by atoms with Gasteiger partial charge in [-0.1, -0.05) is 6.07 Å². The van der Waals surface area contributed by atoms with Crippen LogP contribution in [0.5, 0.6) is 0 Å². The summed E-state index contributed by atoms with van der Waals surface area (Å²) in [5, 5.41) is 12.2. The monoisotopic (exact) mass is 283 g/mol. The number of ether oxygens (including phenoxy) is 1. The summed E-state index contributed by atoms with van der Waals surface area (Å²) in [4.78, 5) is 12.4. The third kappa shape index (κ3) is 3.09. The quantitative estimate of drug-likeness (QED) is 0.879. The highest BCUT2D eigenvalue weighted by atomic mass is 32.1. The van der Waals surface area contributed by atoms with E-state index >= 15 is 0 Å². The van der Waals surface area contributed by atoms with Crippen molar-refractivity contribution in [3.05, 3.63) is 35.0 Å². The molecule has 0 bridgehead atoms. The molecule has 1 aromatic heterocycles. The van der Waals surface area contributed by atoms with E-state index in [-0.39, 0.29) is 24.9 Å². The van der Waals surface area contributed by atoms with Gasteiger partial charge in [-0.05, 0) is 18.2 Å². The van der Waals surface area contributed by atoms with Crippen molar-refractivity contribution < 1.29 is 19.0 Å². The van der Waals surface area contributed by atoms with E-state index in [9.17, 15) is 9.18 Å². The average molecular weight is 283 g/mol. The number of hydrogen-bond acceptors (Lipinski definition) is 4. The van der Waals surface area contributed by atoms with Gasteiger partial charge in [-0.15, -0.1) is 11.3 Å². The van der Waals surface area contributed by atoms with E-state index in [0.29, 0.717) is 10.3 Å². The van der Waals surface area contributed by atoms with Gasteiger partial charge in [0.15, 0.2) is 0 Å². The van der Waals surface area contributed by atoms with Gasteiger partial charge in [0.25, 0.3) is 5.91 Å². The van der Waals surface area contributed by atoms with E-state index in [2.05, 4.69) is 5.32 Å². The number of halogens is 1. The Morgan fingerprint density at radius 2 is 2.37 bits per heavy atom. The van der Waals surface area contributed by atoms with Crippen LogP contribution in [-0.2, 0) is 4.74 Å². The minimum absolute atomic E-state index is 0.209. The van der Waals surface area contributed by atoms with Crippen LogP contribution in [0.3, 0.4) is 0 Å². The molecule has 2 rings (SSSR count). The van der Waals surface area contributed by atoms with Gasteiger partial charge in [0.1, 0.15) is 5.82 Å². The van der Waals surface area contributed by atoms with Crippen LogP contribution in [0.1, 0.15) is 9.67 Å². The Kier molecular flexibility index (Phi) is 4.47. The molecule has 2 N–H and O–H groups in total. The minimum atomic E-state index is -0.465. The lowest BCUT2D eigenvalue weighted by Crippen LogP contribution is -2.40. The third-order valence-electron chi connectivity index (χ3n) is 2.66. The number of fused-ring (bicyclic) bond motifs is 1. The number of rotatable bonds is 5. The van der Waals surface area contributed by atoms with Crippen molar-refractivity contribution in [3.63, 3.8) is 0 Å². The smallest absolute Gasteiger partial charge is 0.261 e. The predicted octanol–water partition coefficient (Wildman–Crippen LogP) is 1.78. The molecule has 0 saturated heterocycles. The second-order valence-corrected chi connectivity index (χ2v) is 5.15. The normalized spacial score (nSPS) is 12.6. The summed E-state index contributed by atoms with van der Waals surface area (Å²) in [5.41, 5.74) is 0. The average Bonchev–Trinajstić information content (AvgIpc) is 2.83. The summed E-state index contributed by atoms with van der Waals surface area (Å²) in [6.45, 7) is 0.0142. The number of aliphatic hydroxyl groups is 1. The largest absolute Gasteiger partial charge is 0.394 e. The lowest BCUT2D eigenvalue weighted by atomic mass is 10.2. The highest BCUT2D eigenvalue weighted by Crippen LogP contribution is 2.27. The molecule has 1 amide bonds. The van der Waals surface area contributed by atoms with E-state index < -0.39 is 6.04 Å². The van der Waals surface area contributed by atoms with E-state index in [4.69, 9.17) is 9.84 Å². The van der Waals surface area contributed by atoms with Crippen LogP contribution in [0, 0.1) is 5.82 Å². The first-order chi connectivity index (χ1) is 9.15. The number of methoxy groups -OCH3 is 1. The number of carbonyl (C=O) groups is 1. The summed E-state index contributed by atoms with van der Waals surface area (Å²) in [6, 6.07) is 5.78. The van der Waals surface area contributed by atoms with Crippen LogP contribution < -0.4 is 5.32 Å². The molecular formula is C13H14FNO3S. The Balaban J connectivity index is 2.19. The fraction of sp³-hybridized carbons (Fsp3) is 0.308. The Morgan fingerprint density at radius 1 is 1.58 bits per heavy atom. The van der Waals surface area contributed by atoms with Gasteiger partial charge in [0, 0.05) is 17.2 Å². The number of aliphatic hydroxyl groups excluding tert-OH is 1. The van der Waals surface area contributed by atoms with Crippen molar-refractivity contribution >= 4 is 27.3 Å². The van der Waals surface area contributed by atoms with Crippen LogP contribution in [-0.4, -0.2) is 37.4 Å². The Labute approximate surface area is 113 Å². The molecule has 2 aromatic rings. The fourth-order valence-corrected chi connectivity index (χ4v) is 2.71. The van der Waals surface area contributed by atoms with Gasteiger partial charge in [0.2, 0.25) is 0 Å². The molecule has 1 atom stereocenters. The van der Waals surface area contributed by atoms with Gasteiger partial charge in [-0.3, -0.25) is 4.79 Å². The zero-order valence-electron chi connectivity index (χ0n) is 10.4. The molecule has 4 nitrogen and oxygen atoms in total. The molecule has 0 saturated carbocycles. The summed E-state index contributed by atoms with van der Waals surface area (Å²) < 4.78 is 19.1. The van der Waals surface area contributed by atoms with Gasteiger partial charge in [-0.25, -0.2) is 4.39 Å². The summed E-state index contributed by atoms with van der Waals surface area (Å²) in [7, 11) is 1.49. The number of hydrogen-bond donors (Lipinski definition) is 2. The Morgan fingerprint density at radius 3 is 3.00 bits per heavy atom. The first kappa shape index (κ1) is 13.9. The van der Waals surface area contributed by atoms with Crippen LogP contribution in [0.4, 0.5) is 4.39 Å². The van der Waals surface area contributed by atoms with Crippen molar-refractivity contribution in [1.82, 2.24) is 5.32 Å². The van der Waals surface area contributed by atoms with E-state index in [1.165, 1.54) is 30.6 Å². The maximum absolute atomic E-state index is 13.5. The SMILES string of the molecule is COCC(CO)NC(=O)c1cc2c(F)cccc2s1. The number of thiophene rings is 1. The molecule has 6 heteroatoms. The highest BCUT2D eigenvalue weighted by molar-refractivity contribution is 7.20. The Hall–Kier alpha value is -1.50. The molecule has 0 aliphatic heterocycles. The van der Waals surface area contributed by atoms with Gasteiger partial charge in [-0.2, -0.15) is 0 Å². The molecule has 0 fully saturated rings. The molecule has 102 valence electrons. The summed E-state index contributed by atoms with van der Waals surface area (Å²) >= 11 is 1.22. The number of amides is 1. The van der Waals surface area contributed by atoms with Crippen molar-refractivity contribution in [2.24, 2.45) is 0 Å². The summed E-state index contributed by atoms with van der Waals surface area (Å²) in [6.07, 6.45) is 0. The lowest BCUT2D eigenvalue weighted by Gasteiger charge is -2.14. The molecule has 0 aliphatic rings.